The zero-order valence-corrected chi connectivity index (χ0v) is 39.9. The molecule has 0 radical (unpaired) electrons. The number of nitrogens with one attached hydrogen (secondary N) is 3. The van der Waals surface area contributed by atoms with Crippen LogP contribution in [0.3, 0.4) is 0 Å². The van der Waals surface area contributed by atoms with Crippen LogP contribution in [0.25, 0.3) is 5.00 Å². The van der Waals surface area contributed by atoms with E-state index < -0.39 is 18.0 Å². The molecule has 0 spiro atoms. The molecule has 3 N–H and O–H groups in total. The number of imide groups is 1. The monoisotopic (exact) mass is 962 g/mol. The molecule has 8 rings (SSSR count). The summed E-state index contributed by atoms with van der Waals surface area (Å²) in [4.78, 5) is 71.4. The number of carbonyl (C=O) groups is 5. The van der Waals surface area contributed by atoms with Crippen LogP contribution in [-0.4, -0.2) is 94.9 Å². The normalized spacial score (nSPS) is 16.4. The number of rotatable bonds is 18. The van der Waals surface area contributed by atoms with E-state index in [9.17, 15) is 24.0 Å². The maximum Gasteiger partial charge on any atom is 0.257 e. The molecular formula is C48H51ClN10O8S. The van der Waals surface area contributed by atoms with Crippen molar-refractivity contribution in [3.63, 3.8) is 0 Å². The third kappa shape index (κ3) is 10.1. The van der Waals surface area contributed by atoms with Gasteiger partial charge in [0.25, 0.3) is 11.8 Å². The SMILES string of the molecule is COc1cc(/N=N/c2cccc3c2CN(C2CCC(=O)NC2=O)C3=O)cc(OC)c1OCC(=O)NCCCCCCNC(=O)C[C@@H]1N=C(c2ccc(Cl)cc2)c2c(sc(C)c2C)-n2c(C)nnc21. The Labute approximate surface area is 401 Å². The predicted molar refractivity (Wildman–Crippen MR) is 254 cm³/mol. The van der Waals surface area contributed by atoms with Crippen LogP contribution >= 0.6 is 22.9 Å². The van der Waals surface area contributed by atoms with E-state index in [4.69, 9.17) is 30.8 Å². The number of aryl methyl sites for hydroxylation is 2. The van der Waals surface area contributed by atoms with Gasteiger partial charge in [0.05, 0.1) is 37.7 Å². The number of amides is 5. The number of piperidine rings is 1. The summed E-state index contributed by atoms with van der Waals surface area (Å²) in [6.45, 7) is 6.90. The number of unbranched alkanes of at least 4 members (excludes halogenated alkanes) is 3. The molecular weight excluding hydrogens is 912 g/mol. The van der Waals surface area contributed by atoms with Crippen LogP contribution in [-0.2, 0) is 25.7 Å². The number of thiophene rings is 1. The van der Waals surface area contributed by atoms with Crippen LogP contribution in [0.2, 0.25) is 5.02 Å². The quantitative estimate of drug-likeness (QED) is 0.0453. The van der Waals surface area contributed by atoms with E-state index in [2.05, 4.69) is 50.2 Å². The van der Waals surface area contributed by atoms with Crippen molar-refractivity contribution >= 4 is 69.6 Å². The third-order valence-corrected chi connectivity index (χ3v) is 13.6. The van der Waals surface area contributed by atoms with Gasteiger partial charge < -0.3 is 29.7 Å². The molecule has 0 aliphatic carbocycles. The van der Waals surface area contributed by atoms with Gasteiger partial charge in [0, 0.05) is 70.3 Å². The second-order valence-corrected chi connectivity index (χ2v) is 18.2. The predicted octanol–water partition coefficient (Wildman–Crippen LogP) is 7.26. The first-order chi connectivity index (χ1) is 32.8. The van der Waals surface area contributed by atoms with Crippen LogP contribution in [0.1, 0.15) is 100 Å². The van der Waals surface area contributed by atoms with Crippen molar-refractivity contribution in [2.45, 2.75) is 84.3 Å². The molecule has 5 amide bonds. The van der Waals surface area contributed by atoms with Crippen molar-refractivity contribution in [2.24, 2.45) is 15.2 Å². The van der Waals surface area contributed by atoms with E-state index >= 15 is 0 Å². The maximum absolute atomic E-state index is 13.4. The van der Waals surface area contributed by atoms with Gasteiger partial charge in [-0.15, -0.1) is 21.5 Å². The maximum atomic E-state index is 13.4. The Bertz CT molecular complexity index is 2810. The van der Waals surface area contributed by atoms with Gasteiger partial charge in [-0.05, 0) is 69.9 Å². The molecule has 5 heterocycles. The van der Waals surface area contributed by atoms with E-state index in [0.29, 0.717) is 46.4 Å². The van der Waals surface area contributed by atoms with Crippen molar-refractivity contribution in [1.29, 1.82) is 0 Å². The fourth-order valence-corrected chi connectivity index (χ4v) is 9.81. The van der Waals surface area contributed by atoms with Crippen molar-refractivity contribution in [1.82, 2.24) is 35.6 Å². The number of azo groups is 1. The minimum atomic E-state index is -0.753. The first-order valence-electron chi connectivity index (χ1n) is 22.3. The number of carbonyl (C=O) groups excluding carboxylic acids is 5. The van der Waals surface area contributed by atoms with E-state index in [-0.39, 0.29) is 73.3 Å². The van der Waals surface area contributed by atoms with E-state index in [1.54, 1.807) is 41.7 Å². The zero-order valence-electron chi connectivity index (χ0n) is 38.3. The first-order valence-corrected chi connectivity index (χ1v) is 23.5. The number of aliphatic imine (C=N–C) groups is 1. The van der Waals surface area contributed by atoms with Gasteiger partial charge in [0.2, 0.25) is 23.5 Å². The smallest absolute Gasteiger partial charge is 0.257 e. The lowest BCUT2D eigenvalue weighted by molar-refractivity contribution is -0.137. The number of benzene rings is 3. The highest BCUT2D eigenvalue weighted by Crippen LogP contribution is 2.43. The molecule has 0 bridgehead atoms. The number of methoxy groups -OCH3 is 2. The fourth-order valence-electron chi connectivity index (χ4n) is 8.47. The Balaban J connectivity index is 0.785. The van der Waals surface area contributed by atoms with Crippen molar-refractivity contribution < 1.29 is 38.2 Å². The number of halogens is 1. The first kappa shape index (κ1) is 47.5. The molecule has 68 heavy (non-hydrogen) atoms. The number of ether oxygens (including phenoxy) is 3. The fraction of sp³-hybridized carbons (Fsp3) is 0.375. The summed E-state index contributed by atoms with van der Waals surface area (Å²) < 4.78 is 19.0. The Morgan fingerprint density at radius 1 is 0.912 bits per heavy atom. The minimum Gasteiger partial charge on any atom is -0.493 e. The lowest BCUT2D eigenvalue weighted by Crippen LogP contribution is -2.52. The Morgan fingerprint density at radius 2 is 1.62 bits per heavy atom. The molecule has 20 heteroatoms. The molecule has 3 aliphatic heterocycles. The van der Waals surface area contributed by atoms with Gasteiger partial charge in [0.1, 0.15) is 22.9 Å². The number of nitrogens with zero attached hydrogens (tertiary/aromatic N) is 7. The van der Waals surface area contributed by atoms with Gasteiger partial charge in [0.15, 0.2) is 23.9 Å². The molecule has 5 aromatic rings. The molecule has 3 aromatic carbocycles. The molecule has 1 fully saturated rings. The number of aromatic nitrogens is 3. The van der Waals surface area contributed by atoms with E-state index in [0.717, 1.165) is 58.9 Å². The molecule has 2 aromatic heterocycles. The summed E-state index contributed by atoms with van der Waals surface area (Å²) in [7, 11) is 2.90. The summed E-state index contributed by atoms with van der Waals surface area (Å²) in [5, 5.41) is 27.5. The average molecular weight is 964 g/mol. The van der Waals surface area contributed by atoms with Crippen LogP contribution < -0.4 is 30.2 Å². The van der Waals surface area contributed by atoms with Crippen LogP contribution in [0.4, 0.5) is 11.4 Å². The summed E-state index contributed by atoms with van der Waals surface area (Å²) in [5.74, 6) is 0.484. The largest absolute Gasteiger partial charge is 0.493 e. The Hall–Kier alpha value is -6.99. The summed E-state index contributed by atoms with van der Waals surface area (Å²) in [5.41, 5.74) is 5.68. The van der Waals surface area contributed by atoms with Gasteiger partial charge in [-0.2, -0.15) is 10.2 Å². The van der Waals surface area contributed by atoms with Crippen LogP contribution in [0.5, 0.6) is 17.2 Å². The molecule has 1 saturated heterocycles. The molecule has 1 unspecified atom stereocenters. The van der Waals surface area contributed by atoms with E-state index in [1.807, 2.05) is 35.8 Å². The van der Waals surface area contributed by atoms with Gasteiger partial charge in [-0.25, -0.2) is 0 Å². The van der Waals surface area contributed by atoms with Crippen molar-refractivity contribution in [3.05, 3.63) is 104 Å². The number of fused-ring (bicyclic) bond motifs is 4. The van der Waals surface area contributed by atoms with Crippen molar-refractivity contribution in [3.8, 4) is 22.2 Å². The van der Waals surface area contributed by atoms with E-state index in [1.165, 1.54) is 24.0 Å². The standard InChI is InChI=1S/C48H51ClN10O8S/c1-26-27(2)68-48-42(26)43(29-13-15-30(49)16-14-29)52-35(45-57-54-28(3)59(45)48)23-40(61)50-19-8-6-7-9-20-51-41(62)25-67-44-37(65-4)21-31(22-38(44)66-5)55-56-34-12-10-11-32-33(34)24-58(47(32)64)36-17-18-39(60)53-46(36)63/h10-16,21-22,35-36H,6-9,17-20,23-25H2,1-5H3,(H,50,61)(H,51,62)(H,53,60,63)/b56-55+/t35-,36?/m0/s1. The van der Waals surface area contributed by atoms with Crippen LogP contribution in [0, 0.1) is 20.8 Å². The zero-order chi connectivity index (χ0) is 48.1. The molecule has 0 saturated carbocycles. The minimum absolute atomic E-state index is 0.110. The highest BCUT2D eigenvalue weighted by molar-refractivity contribution is 7.15. The lowest BCUT2D eigenvalue weighted by atomic mass is 9.99. The number of hydrogen-bond donors (Lipinski definition) is 3. The highest BCUT2D eigenvalue weighted by Gasteiger charge is 2.40. The topological polar surface area (TPSA) is 220 Å². The summed E-state index contributed by atoms with van der Waals surface area (Å²) in [6, 6.07) is 14.5. The van der Waals surface area contributed by atoms with Gasteiger partial charge >= 0.3 is 0 Å². The number of hydrogen-bond acceptors (Lipinski definition) is 14. The van der Waals surface area contributed by atoms with Gasteiger partial charge in [-0.1, -0.05) is 42.6 Å². The lowest BCUT2D eigenvalue weighted by Gasteiger charge is -2.29. The van der Waals surface area contributed by atoms with Crippen molar-refractivity contribution in [2.75, 3.05) is 33.9 Å². The van der Waals surface area contributed by atoms with Crippen LogP contribution in [0.15, 0.2) is 69.8 Å². The third-order valence-electron chi connectivity index (χ3n) is 12.1. The molecule has 18 nitrogen and oxygen atoms in total. The Kier molecular flexibility index (Phi) is 14.6. The van der Waals surface area contributed by atoms with Gasteiger partial charge in [-0.3, -0.25) is 38.8 Å². The molecule has 354 valence electrons. The molecule has 2 atom stereocenters. The summed E-state index contributed by atoms with van der Waals surface area (Å²) >= 11 is 7.90. The Morgan fingerprint density at radius 3 is 2.31 bits per heavy atom. The second-order valence-electron chi connectivity index (χ2n) is 16.6. The summed E-state index contributed by atoms with van der Waals surface area (Å²) in [6.07, 6.45) is 3.71. The highest BCUT2D eigenvalue weighted by atomic mass is 35.5. The molecule has 3 aliphatic rings. The average Bonchev–Trinajstić information content (AvgIpc) is 3.94. The second kappa shape index (κ2) is 20.9.